The van der Waals surface area contributed by atoms with E-state index >= 15 is 0 Å². The largest absolute Gasteiger partial charge is 0.497 e. The number of nitrogens with one attached hydrogen (secondary N) is 1. The molecule has 138 valence electrons. The van der Waals surface area contributed by atoms with E-state index in [0.717, 1.165) is 37.1 Å². The lowest BCUT2D eigenvalue weighted by Gasteiger charge is -1.98. The molecule has 5 rings (SSSR count). The summed E-state index contributed by atoms with van der Waals surface area (Å²) in [5, 5.41) is 5.52. The second kappa shape index (κ2) is 6.54. The summed E-state index contributed by atoms with van der Waals surface area (Å²) >= 11 is 2.82. The Morgan fingerprint density at radius 2 is 1.86 bits per heavy atom. The highest BCUT2D eigenvalue weighted by Crippen LogP contribution is 2.31. The number of ether oxygens (including phenoxy) is 1. The molecule has 1 amide bonds. The number of thiophene rings is 1. The van der Waals surface area contributed by atoms with Gasteiger partial charge in [-0.25, -0.2) is 9.97 Å². The molecule has 0 aliphatic rings. The minimum Gasteiger partial charge on any atom is -0.497 e. The summed E-state index contributed by atoms with van der Waals surface area (Å²) in [5.41, 5.74) is 2.95. The number of carbonyl (C=O) groups excluding carboxylic acids is 1. The highest BCUT2D eigenvalue weighted by atomic mass is 32.1. The van der Waals surface area contributed by atoms with E-state index in [4.69, 9.17) is 9.72 Å². The van der Waals surface area contributed by atoms with Crippen LogP contribution < -0.4 is 10.1 Å². The van der Waals surface area contributed by atoms with E-state index in [-0.39, 0.29) is 5.91 Å². The molecular weight excluding hydrogens is 390 g/mol. The standard InChI is InChI=1S/C21H15N3O2S2/c1-11-3-4-12-8-13-9-18(27-20(13)22-16(12)7-11)19(25)24-21-23-15-6-5-14(26-2)10-17(15)28-21/h3-10H,1-2H3,(H,23,24,25). The maximum atomic E-state index is 12.7. The van der Waals surface area contributed by atoms with Crippen molar-refractivity contribution in [1.29, 1.82) is 0 Å². The fourth-order valence-corrected chi connectivity index (χ4v) is 4.90. The summed E-state index contributed by atoms with van der Waals surface area (Å²) in [4.78, 5) is 23.4. The summed E-state index contributed by atoms with van der Waals surface area (Å²) in [6.45, 7) is 2.05. The monoisotopic (exact) mass is 405 g/mol. The van der Waals surface area contributed by atoms with Gasteiger partial charge in [-0.15, -0.1) is 11.3 Å². The zero-order chi connectivity index (χ0) is 19.3. The Labute approximate surface area is 168 Å². The van der Waals surface area contributed by atoms with Gasteiger partial charge in [0.25, 0.3) is 5.91 Å². The molecule has 7 heteroatoms. The summed E-state index contributed by atoms with van der Waals surface area (Å²) < 4.78 is 6.21. The number of nitrogens with zero attached hydrogens (tertiary/aromatic N) is 2. The van der Waals surface area contributed by atoms with Crippen molar-refractivity contribution in [2.24, 2.45) is 0 Å². The maximum Gasteiger partial charge on any atom is 0.267 e. The van der Waals surface area contributed by atoms with E-state index < -0.39 is 0 Å². The van der Waals surface area contributed by atoms with Crippen molar-refractivity contribution in [3.63, 3.8) is 0 Å². The Balaban J connectivity index is 1.47. The maximum absolute atomic E-state index is 12.7. The number of fused-ring (bicyclic) bond motifs is 3. The predicted molar refractivity (Wildman–Crippen MR) is 116 cm³/mol. The number of methoxy groups -OCH3 is 1. The molecule has 0 saturated carbocycles. The van der Waals surface area contributed by atoms with Crippen molar-refractivity contribution in [2.45, 2.75) is 6.92 Å². The van der Waals surface area contributed by atoms with Crippen molar-refractivity contribution in [2.75, 3.05) is 12.4 Å². The third kappa shape index (κ3) is 2.98. The van der Waals surface area contributed by atoms with Gasteiger partial charge in [-0.3, -0.25) is 10.1 Å². The van der Waals surface area contributed by atoms with E-state index in [1.807, 2.05) is 31.2 Å². The normalized spacial score (nSPS) is 11.4. The Bertz CT molecular complexity index is 1370. The second-order valence-electron chi connectivity index (χ2n) is 6.50. The molecule has 5 aromatic rings. The molecule has 0 unspecified atom stereocenters. The van der Waals surface area contributed by atoms with Crippen LogP contribution in [-0.2, 0) is 0 Å². The Morgan fingerprint density at radius 1 is 0.964 bits per heavy atom. The van der Waals surface area contributed by atoms with Crippen LogP contribution in [0.4, 0.5) is 5.13 Å². The third-order valence-corrected chi connectivity index (χ3v) is 6.48. The van der Waals surface area contributed by atoms with Gasteiger partial charge >= 0.3 is 0 Å². The quantitative estimate of drug-likeness (QED) is 0.423. The first-order chi connectivity index (χ1) is 13.6. The van der Waals surface area contributed by atoms with E-state index in [1.54, 1.807) is 7.11 Å². The smallest absolute Gasteiger partial charge is 0.267 e. The minimum absolute atomic E-state index is 0.172. The van der Waals surface area contributed by atoms with Crippen molar-refractivity contribution < 1.29 is 9.53 Å². The summed E-state index contributed by atoms with van der Waals surface area (Å²) in [6.07, 6.45) is 0. The van der Waals surface area contributed by atoms with E-state index in [9.17, 15) is 4.79 Å². The number of aryl methyl sites for hydroxylation is 1. The molecule has 0 aliphatic heterocycles. The molecule has 28 heavy (non-hydrogen) atoms. The summed E-state index contributed by atoms with van der Waals surface area (Å²) in [7, 11) is 1.63. The Hall–Kier alpha value is -3.03. The van der Waals surface area contributed by atoms with Gasteiger partial charge in [0.1, 0.15) is 10.6 Å². The fraction of sp³-hybridized carbons (Fsp3) is 0.0952. The Kier molecular flexibility index (Phi) is 3.99. The molecule has 0 aliphatic carbocycles. The zero-order valence-corrected chi connectivity index (χ0v) is 16.8. The highest BCUT2D eigenvalue weighted by molar-refractivity contribution is 7.23. The number of thiazole rings is 1. The topological polar surface area (TPSA) is 64.1 Å². The lowest BCUT2D eigenvalue weighted by Crippen LogP contribution is -2.09. The first-order valence-corrected chi connectivity index (χ1v) is 10.3. The lowest BCUT2D eigenvalue weighted by atomic mass is 10.1. The van der Waals surface area contributed by atoms with Crippen LogP contribution in [0.2, 0.25) is 0 Å². The van der Waals surface area contributed by atoms with Crippen LogP contribution in [0, 0.1) is 6.92 Å². The lowest BCUT2D eigenvalue weighted by molar-refractivity contribution is 0.103. The van der Waals surface area contributed by atoms with Crippen LogP contribution in [-0.4, -0.2) is 23.0 Å². The zero-order valence-electron chi connectivity index (χ0n) is 15.1. The van der Waals surface area contributed by atoms with Gasteiger partial charge < -0.3 is 4.74 Å². The van der Waals surface area contributed by atoms with E-state index in [1.165, 1.54) is 28.2 Å². The molecule has 0 bridgehead atoms. The van der Waals surface area contributed by atoms with Gasteiger partial charge in [0.05, 0.1) is 27.7 Å². The predicted octanol–water partition coefficient (Wildman–Crippen LogP) is 5.63. The molecule has 2 aromatic carbocycles. The van der Waals surface area contributed by atoms with Crippen LogP contribution >= 0.6 is 22.7 Å². The van der Waals surface area contributed by atoms with Gasteiger partial charge in [-0.2, -0.15) is 0 Å². The third-order valence-electron chi connectivity index (χ3n) is 4.50. The van der Waals surface area contributed by atoms with E-state index in [2.05, 4.69) is 34.6 Å². The number of anilines is 1. The number of hydrogen-bond acceptors (Lipinski definition) is 6. The number of amides is 1. The number of pyridine rings is 1. The molecule has 3 aromatic heterocycles. The van der Waals surface area contributed by atoms with Gasteiger partial charge in [0, 0.05) is 10.8 Å². The van der Waals surface area contributed by atoms with Crippen LogP contribution in [0.25, 0.3) is 31.3 Å². The SMILES string of the molecule is COc1ccc2nc(NC(=O)c3cc4cc5ccc(C)cc5nc4s3)sc2c1. The van der Waals surface area contributed by atoms with Crippen LogP contribution in [0.3, 0.4) is 0 Å². The number of rotatable bonds is 3. The van der Waals surface area contributed by atoms with Crippen LogP contribution in [0.1, 0.15) is 15.2 Å². The fourth-order valence-electron chi connectivity index (χ4n) is 3.09. The van der Waals surface area contributed by atoms with Crippen molar-refractivity contribution in [3.05, 3.63) is 59.0 Å². The van der Waals surface area contributed by atoms with Gasteiger partial charge in [0.15, 0.2) is 5.13 Å². The van der Waals surface area contributed by atoms with Crippen molar-refractivity contribution in [1.82, 2.24) is 9.97 Å². The number of carbonyl (C=O) groups is 1. The summed E-state index contributed by atoms with van der Waals surface area (Å²) in [6, 6.07) is 15.8. The molecule has 0 spiro atoms. The Morgan fingerprint density at radius 3 is 2.71 bits per heavy atom. The molecule has 3 heterocycles. The van der Waals surface area contributed by atoms with Crippen LogP contribution in [0.5, 0.6) is 5.75 Å². The average molecular weight is 406 g/mol. The first kappa shape index (κ1) is 17.1. The molecule has 0 radical (unpaired) electrons. The average Bonchev–Trinajstić information content (AvgIpc) is 3.28. The molecule has 0 fully saturated rings. The van der Waals surface area contributed by atoms with E-state index in [0.29, 0.717) is 10.0 Å². The minimum atomic E-state index is -0.172. The number of benzene rings is 2. The first-order valence-electron chi connectivity index (χ1n) is 8.66. The second-order valence-corrected chi connectivity index (χ2v) is 8.56. The summed E-state index contributed by atoms with van der Waals surface area (Å²) in [5.74, 6) is 0.598. The van der Waals surface area contributed by atoms with Crippen molar-refractivity contribution in [3.8, 4) is 5.75 Å². The van der Waals surface area contributed by atoms with Crippen LogP contribution in [0.15, 0.2) is 48.5 Å². The molecule has 0 saturated heterocycles. The van der Waals surface area contributed by atoms with Gasteiger partial charge in [0.2, 0.25) is 0 Å². The molecule has 5 nitrogen and oxygen atoms in total. The number of aromatic nitrogens is 2. The van der Waals surface area contributed by atoms with Gasteiger partial charge in [-0.1, -0.05) is 23.5 Å². The highest BCUT2D eigenvalue weighted by Gasteiger charge is 2.14. The van der Waals surface area contributed by atoms with Crippen molar-refractivity contribution >= 4 is 65.0 Å². The molecule has 0 atom stereocenters. The molecule has 1 N–H and O–H groups in total. The number of hydrogen-bond donors (Lipinski definition) is 1. The van der Waals surface area contributed by atoms with Gasteiger partial charge in [-0.05, 0) is 48.9 Å². The molecular formula is C21H15N3O2S2.